The first-order valence-electron chi connectivity index (χ1n) is 7.77. The van der Waals surface area contributed by atoms with Gasteiger partial charge in [-0.25, -0.2) is 9.97 Å². The van der Waals surface area contributed by atoms with E-state index in [4.69, 9.17) is 5.73 Å². The number of nitrogens with zero attached hydrogens (tertiary/aromatic N) is 2. The van der Waals surface area contributed by atoms with Gasteiger partial charge in [-0.1, -0.05) is 33.6 Å². The Kier molecular flexibility index (Phi) is 4.42. The van der Waals surface area contributed by atoms with Crippen LogP contribution in [0.25, 0.3) is 0 Å². The molecule has 1 aliphatic rings. The molecule has 5 heteroatoms. The van der Waals surface area contributed by atoms with Crippen LogP contribution in [0.2, 0.25) is 0 Å². The highest BCUT2D eigenvalue weighted by Crippen LogP contribution is 2.38. The summed E-state index contributed by atoms with van der Waals surface area (Å²) in [6.45, 7) is 9.13. The Bertz CT molecular complexity index is 502. The van der Waals surface area contributed by atoms with Crippen molar-refractivity contribution in [3.63, 3.8) is 0 Å². The Balaban J connectivity index is 2.21. The third-order valence-electron chi connectivity index (χ3n) is 4.48. The van der Waals surface area contributed by atoms with Gasteiger partial charge >= 0.3 is 0 Å². The van der Waals surface area contributed by atoms with Crippen molar-refractivity contribution in [2.24, 2.45) is 5.41 Å². The van der Waals surface area contributed by atoms with Gasteiger partial charge in [0.15, 0.2) is 0 Å². The molecule has 1 saturated carbocycles. The minimum absolute atomic E-state index is 0.00591. The number of rotatable bonds is 4. The molecule has 0 bridgehead atoms. The number of aromatic nitrogens is 2. The third-order valence-corrected chi connectivity index (χ3v) is 4.48. The van der Waals surface area contributed by atoms with E-state index in [1.165, 1.54) is 12.8 Å². The predicted octanol–water partition coefficient (Wildman–Crippen LogP) is 2.63. The lowest BCUT2D eigenvalue weighted by molar-refractivity contribution is 0.142. The molecule has 1 heterocycles. The fraction of sp³-hybridized carbons (Fsp3) is 0.750. The largest absolute Gasteiger partial charge is 0.396 e. The molecule has 1 fully saturated rings. The maximum atomic E-state index is 9.70. The Morgan fingerprint density at radius 3 is 2.38 bits per heavy atom. The molecule has 0 spiro atoms. The first kappa shape index (κ1) is 16.0. The molecule has 0 saturated heterocycles. The van der Waals surface area contributed by atoms with Gasteiger partial charge in [0.1, 0.15) is 17.5 Å². The Labute approximate surface area is 127 Å². The lowest BCUT2D eigenvalue weighted by Crippen LogP contribution is -2.31. The number of nitrogen functional groups attached to an aromatic ring is 1. The number of hydrogen-bond donors (Lipinski definition) is 3. The van der Waals surface area contributed by atoms with Crippen LogP contribution in [-0.2, 0) is 5.41 Å². The lowest BCUT2D eigenvalue weighted by atomic mass is 9.87. The second-order valence-corrected chi connectivity index (χ2v) is 7.37. The molecule has 0 aliphatic heterocycles. The van der Waals surface area contributed by atoms with Crippen molar-refractivity contribution in [1.82, 2.24) is 9.97 Å². The van der Waals surface area contributed by atoms with Crippen LogP contribution in [0.5, 0.6) is 0 Å². The summed E-state index contributed by atoms with van der Waals surface area (Å²) in [5.41, 5.74) is 6.77. The van der Waals surface area contributed by atoms with Crippen molar-refractivity contribution in [2.75, 3.05) is 24.2 Å². The van der Waals surface area contributed by atoms with Crippen LogP contribution in [-0.4, -0.2) is 28.2 Å². The van der Waals surface area contributed by atoms with E-state index in [0.29, 0.717) is 5.82 Å². The topological polar surface area (TPSA) is 84.1 Å². The number of hydrogen-bond acceptors (Lipinski definition) is 5. The van der Waals surface area contributed by atoms with E-state index in [2.05, 4.69) is 36.1 Å². The maximum absolute atomic E-state index is 9.70. The van der Waals surface area contributed by atoms with Gasteiger partial charge in [0.2, 0.25) is 0 Å². The number of aliphatic hydroxyl groups excluding tert-OH is 1. The zero-order chi connectivity index (χ0) is 15.7. The molecule has 2 rings (SSSR count). The minimum Gasteiger partial charge on any atom is -0.396 e. The van der Waals surface area contributed by atoms with E-state index in [-0.39, 0.29) is 17.4 Å². The Morgan fingerprint density at radius 2 is 1.86 bits per heavy atom. The van der Waals surface area contributed by atoms with Crippen LogP contribution in [0.3, 0.4) is 0 Å². The van der Waals surface area contributed by atoms with Gasteiger partial charge in [0.05, 0.1) is 6.61 Å². The second kappa shape index (κ2) is 5.79. The van der Waals surface area contributed by atoms with Gasteiger partial charge in [-0.05, 0) is 19.8 Å². The monoisotopic (exact) mass is 292 g/mol. The molecule has 1 aliphatic carbocycles. The Hall–Kier alpha value is -1.36. The highest BCUT2D eigenvalue weighted by Gasteiger charge is 2.33. The molecule has 21 heavy (non-hydrogen) atoms. The highest BCUT2D eigenvalue weighted by molar-refractivity contribution is 5.55. The minimum atomic E-state index is -0.139. The van der Waals surface area contributed by atoms with Gasteiger partial charge in [-0.3, -0.25) is 0 Å². The molecule has 1 aromatic rings. The fourth-order valence-electron chi connectivity index (χ4n) is 2.83. The van der Waals surface area contributed by atoms with Gasteiger partial charge in [0.25, 0.3) is 0 Å². The summed E-state index contributed by atoms with van der Waals surface area (Å²) in [5.74, 6) is 2.08. The molecular formula is C16H28N4O. The van der Waals surface area contributed by atoms with Crippen LogP contribution in [0.1, 0.15) is 57.8 Å². The molecular weight excluding hydrogens is 264 g/mol. The van der Waals surface area contributed by atoms with E-state index in [1.54, 1.807) is 0 Å². The molecule has 0 unspecified atom stereocenters. The summed E-state index contributed by atoms with van der Waals surface area (Å²) in [5, 5.41) is 13.1. The molecule has 0 amide bonds. The average Bonchev–Trinajstić information content (AvgIpc) is 2.88. The van der Waals surface area contributed by atoms with Crippen molar-refractivity contribution in [3.05, 3.63) is 11.4 Å². The van der Waals surface area contributed by atoms with E-state index < -0.39 is 0 Å². The second-order valence-electron chi connectivity index (χ2n) is 7.37. The van der Waals surface area contributed by atoms with Crippen molar-refractivity contribution in [3.8, 4) is 0 Å². The van der Waals surface area contributed by atoms with Crippen LogP contribution < -0.4 is 11.1 Å². The van der Waals surface area contributed by atoms with Crippen molar-refractivity contribution >= 4 is 11.6 Å². The first-order chi connectivity index (χ1) is 9.77. The van der Waals surface area contributed by atoms with E-state index in [1.807, 2.05) is 6.92 Å². The zero-order valence-electron chi connectivity index (χ0n) is 13.7. The molecule has 0 atom stereocenters. The summed E-state index contributed by atoms with van der Waals surface area (Å²) in [6.07, 6.45) is 4.53. The standard InChI is InChI=1S/C16H28N4O/c1-11-12(17)19-14(15(2,3)4)20-13(11)18-9-16(10-21)7-5-6-8-16/h21H,5-10H2,1-4H3,(H3,17,18,19,20). The van der Waals surface area contributed by atoms with Crippen molar-refractivity contribution in [2.45, 2.75) is 58.8 Å². The lowest BCUT2D eigenvalue weighted by Gasteiger charge is -2.28. The average molecular weight is 292 g/mol. The summed E-state index contributed by atoms with van der Waals surface area (Å²) in [4.78, 5) is 9.05. The van der Waals surface area contributed by atoms with Crippen molar-refractivity contribution < 1.29 is 5.11 Å². The van der Waals surface area contributed by atoms with Crippen LogP contribution in [0.15, 0.2) is 0 Å². The van der Waals surface area contributed by atoms with Crippen LogP contribution >= 0.6 is 0 Å². The maximum Gasteiger partial charge on any atom is 0.138 e. The summed E-state index contributed by atoms with van der Waals surface area (Å²) < 4.78 is 0. The molecule has 1 aromatic heterocycles. The van der Waals surface area contributed by atoms with E-state index >= 15 is 0 Å². The zero-order valence-corrected chi connectivity index (χ0v) is 13.7. The Morgan fingerprint density at radius 1 is 1.24 bits per heavy atom. The highest BCUT2D eigenvalue weighted by atomic mass is 16.3. The fourth-order valence-corrected chi connectivity index (χ4v) is 2.83. The molecule has 0 radical (unpaired) electrons. The van der Waals surface area contributed by atoms with E-state index in [0.717, 1.165) is 36.6 Å². The van der Waals surface area contributed by atoms with E-state index in [9.17, 15) is 5.11 Å². The summed E-state index contributed by atoms with van der Waals surface area (Å²) in [6, 6.07) is 0. The van der Waals surface area contributed by atoms with Gasteiger partial charge in [0, 0.05) is 22.9 Å². The summed E-state index contributed by atoms with van der Waals surface area (Å²) >= 11 is 0. The number of aliphatic hydroxyl groups is 1. The first-order valence-corrected chi connectivity index (χ1v) is 7.77. The number of nitrogens with two attached hydrogens (primary N) is 1. The number of anilines is 2. The van der Waals surface area contributed by atoms with Crippen LogP contribution in [0, 0.1) is 12.3 Å². The quantitative estimate of drug-likeness (QED) is 0.794. The van der Waals surface area contributed by atoms with Crippen molar-refractivity contribution in [1.29, 1.82) is 0 Å². The third kappa shape index (κ3) is 3.46. The molecule has 0 aromatic carbocycles. The normalized spacial score (nSPS) is 18.0. The number of nitrogens with one attached hydrogen (secondary N) is 1. The smallest absolute Gasteiger partial charge is 0.138 e. The molecule has 118 valence electrons. The SMILES string of the molecule is Cc1c(N)nc(C(C)(C)C)nc1NCC1(CO)CCCC1. The van der Waals surface area contributed by atoms with Crippen LogP contribution in [0.4, 0.5) is 11.6 Å². The van der Waals surface area contributed by atoms with Gasteiger partial charge in [-0.15, -0.1) is 0 Å². The predicted molar refractivity (Wildman–Crippen MR) is 86.4 cm³/mol. The molecule has 5 nitrogen and oxygen atoms in total. The summed E-state index contributed by atoms with van der Waals surface area (Å²) in [7, 11) is 0. The van der Waals surface area contributed by atoms with Gasteiger partial charge < -0.3 is 16.2 Å². The van der Waals surface area contributed by atoms with Gasteiger partial charge in [-0.2, -0.15) is 0 Å². The molecule has 4 N–H and O–H groups in total.